The molecule has 1 aliphatic rings. The van der Waals surface area contributed by atoms with E-state index in [1.165, 1.54) is 5.56 Å². The van der Waals surface area contributed by atoms with Gasteiger partial charge in [0.05, 0.1) is 6.61 Å². The molecule has 1 heterocycles. The van der Waals surface area contributed by atoms with Crippen molar-refractivity contribution in [2.75, 3.05) is 25.1 Å². The van der Waals surface area contributed by atoms with E-state index >= 15 is 0 Å². The fourth-order valence-corrected chi connectivity index (χ4v) is 3.07. The highest BCUT2D eigenvalue weighted by Gasteiger charge is 2.22. The maximum Gasteiger partial charge on any atom is 0.404 e. The Morgan fingerprint density at radius 2 is 2.08 bits per heavy atom. The predicted molar refractivity (Wildman–Crippen MR) is 94.6 cm³/mol. The number of nitrogens with one attached hydrogen (secondary N) is 1. The summed E-state index contributed by atoms with van der Waals surface area (Å²) in [7, 11) is 2.03. The minimum atomic E-state index is -0.987. The van der Waals surface area contributed by atoms with Crippen molar-refractivity contribution in [2.45, 2.75) is 19.3 Å². The zero-order valence-electron chi connectivity index (χ0n) is 14.0. The number of amides is 1. The van der Waals surface area contributed by atoms with Crippen molar-refractivity contribution in [3.63, 3.8) is 0 Å². The SMILES string of the molecule is Cc1cccc(N(C)c2ccc3c(c2)OCC[C@H]3CNC(=O)O)c1. The number of benzene rings is 2. The average Bonchev–Trinajstić information content (AvgIpc) is 2.58. The zero-order chi connectivity index (χ0) is 17.1. The van der Waals surface area contributed by atoms with Gasteiger partial charge in [-0.25, -0.2) is 4.79 Å². The molecule has 0 unspecified atom stereocenters. The lowest BCUT2D eigenvalue weighted by Gasteiger charge is -2.28. The lowest BCUT2D eigenvalue weighted by Crippen LogP contribution is -2.29. The topological polar surface area (TPSA) is 61.8 Å². The molecule has 0 bridgehead atoms. The molecule has 2 aromatic rings. The van der Waals surface area contributed by atoms with Crippen LogP contribution in [0.1, 0.15) is 23.5 Å². The second-order valence-electron chi connectivity index (χ2n) is 6.14. The summed E-state index contributed by atoms with van der Waals surface area (Å²) in [4.78, 5) is 12.9. The molecule has 0 aromatic heterocycles. The minimum Gasteiger partial charge on any atom is -0.493 e. The van der Waals surface area contributed by atoms with Crippen molar-refractivity contribution in [3.8, 4) is 5.75 Å². The minimum absolute atomic E-state index is 0.156. The first-order valence-corrected chi connectivity index (χ1v) is 8.08. The first-order chi connectivity index (χ1) is 11.5. The summed E-state index contributed by atoms with van der Waals surface area (Å²) in [6.45, 7) is 3.10. The highest BCUT2D eigenvalue weighted by molar-refractivity contribution is 5.66. The second-order valence-corrected chi connectivity index (χ2v) is 6.14. The standard InChI is InChI=1S/C19H22N2O3/c1-13-4-3-5-15(10-13)21(2)16-6-7-17-14(12-20-19(22)23)8-9-24-18(17)11-16/h3-7,10-11,14,20H,8-9,12H2,1-2H3,(H,22,23)/t14-/m0/s1. The number of ether oxygens (including phenoxy) is 1. The van der Waals surface area contributed by atoms with Crippen LogP contribution in [0.3, 0.4) is 0 Å². The summed E-state index contributed by atoms with van der Waals surface area (Å²) in [6.07, 6.45) is -0.167. The Hall–Kier alpha value is -2.69. The maximum absolute atomic E-state index is 10.7. The van der Waals surface area contributed by atoms with Gasteiger partial charge in [0.25, 0.3) is 0 Å². The van der Waals surface area contributed by atoms with Gasteiger partial charge in [0.2, 0.25) is 0 Å². The van der Waals surface area contributed by atoms with Crippen LogP contribution in [0.2, 0.25) is 0 Å². The number of rotatable bonds is 4. The number of anilines is 2. The highest BCUT2D eigenvalue weighted by atomic mass is 16.5. The van der Waals surface area contributed by atoms with E-state index in [-0.39, 0.29) is 5.92 Å². The number of aryl methyl sites for hydroxylation is 1. The van der Waals surface area contributed by atoms with Crippen LogP contribution in [-0.4, -0.2) is 31.4 Å². The molecule has 2 N–H and O–H groups in total. The third kappa shape index (κ3) is 3.45. The Morgan fingerprint density at radius 1 is 1.29 bits per heavy atom. The third-order valence-corrected chi connectivity index (χ3v) is 4.44. The van der Waals surface area contributed by atoms with Gasteiger partial charge in [-0.3, -0.25) is 0 Å². The van der Waals surface area contributed by atoms with Gasteiger partial charge >= 0.3 is 6.09 Å². The highest BCUT2D eigenvalue weighted by Crippen LogP contribution is 2.37. The van der Waals surface area contributed by atoms with Gasteiger partial charge in [-0.2, -0.15) is 0 Å². The molecule has 5 heteroatoms. The van der Waals surface area contributed by atoms with Crippen molar-refractivity contribution in [2.24, 2.45) is 0 Å². The molecular formula is C19H22N2O3. The van der Waals surface area contributed by atoms with E-state index in [0.29, 0.717) is 13.2 Å². The Balaban J connectivity index is 1.84. The number of carboxylic acid groups (broad SMARTS) is 1. The van der Waals surface area contributed by atoms with Crippen LogP contribution in [0, 0.1) is 6.92 Å². The molecule has 0 radical (unpaired) electrons. The van der Waals surface area contributed by atoms with Gasteiger partial charge in [0.15, 0.2) is 0 Å². The summed E-state index contributed by atoms with van der Waals surface area (Å²) in [6, 6.07) is 14.5. The molecule has 1 atom stereocenters. The van der Waals surface area contributed by atoms with Crippen LogP contribution in [0.4, 0.5) is 16.2 Å². The van der Waals surface area contributed by atoms with Crippen LogP contribution < -0.4 is 15.0 Å². The van der Waals surface area contributed by atoms with Crippen LogP contribution >= 0.6 is 0 Å². The summed E-state index contributed by atoms with van der Waals surface area (Å²) in [5, 5.41) is 11.3. The largest absolute Gasteiger partial charge is 0.493 e. The number of hydrogen-bond acceptors (Lipinski definition) is 3. The molecule has 0 fully saturated rings. The molecule has 0 saturated carbocycles. The quantitative estimate of drug-likeness (QED) is 0.894. The van der Waals surface area contributed by atoms with Gasteiger partial charge in [-0.05, 0) is 42.7 Å². The van der Waals surface area contributed by atoms with Crippen molar-refractivity contribution < 1.29 is 14.6 Å². The van der Waals surface area contributed by atoms with Crippen LogP contribution in [-0.2, 0) is 0 Å². The molecule has 5 nitrogen and oxygen atoms in total. The average molecular weight is 326 g/mol. The summed E-state index contributed by atoms with van der Waals surface area (Å²) >= 11 is 0. The van der Waals surface area contributed by atoms with Crippen LogP contribution in [0.15, 0.2) is 42.5 Å². The first-order valence-electron chi connectivity index (χ1n) is 8.08. The van der Waals surface area contributed by atoms with Gasteiger partial charge in [0.1, 0.15) is 5.75 Å². The van der Waals surface area contributed by atoms with Gasteiger partial charge in [0, 0.05) is 37.0 Å². The Morgan fingerprint density at radius 3 is 2.83 bits per heavy atom. The number of carbonyl (C=O) groups is 1. The molecule has 3 rings (SSSR count). The molecule has 126 valence electrons. The van der Waals surface area contributed by atoms with Crippen molar-refractivity contribution in [1.82, 2.24) is 5.32 Å². The summed E-state index contributed by atoms with van der Waals surface area (Å²) < 4.78 is 5.81. The van der Waals surface area contributed by atoms with Crippen LogP contribution in [0.25, 0.3) is 0 Å². The molecule has 0 aliphatic carbocycles. The molecule has 1 amide bonds. The third-order valence-electron chi connectivity index (χ3n) is 4.44. The monoisotopic (exact) mass is 326 g/mol. The second kappa shape index (κ2) is 6.83. The molecular weight excluding hydrogens is 304 g/mol. The van der Waals surface area contributed by atoms with Crippen LogP contribution in [0.5, 0.6) is 5.75 Å². The van der Waals surface area contributed by atoms with E-state index in [4.69, 9.17) is 9.84 Å². The lowest BCUT2D eigenvalue weighted by molar-refractivity contribution is 0.191. The number of nitrogens with zero attached hydrogens (tertiary/aromatic N) is 1. The fraction of sp³-hybridized carbons (Fsp3) is 0.316. The van der Waals surface area contributed by atoms with Gasteiger partial charge in [-0.15, -0.1) is 0 Å². The fourth-order valence-electron chi connectivity index (χ4n) is 3.07. The van der Waals surface area contributed by atoms with E-state index in [1.807, 2.05) is 25.2 Å². The first kappa shape index (κ1) is 16.2. The summed E-state index contributed by atoms with van der Waals surface area (Å²) in [5.41, 5.74) is 4.45. The Bertz CT molecular complexity index is 745. The zero-order valence-corrected chi connectivity index (χ0v) is 14.0. The maximum atomic E-state index is 10.7. The van der Waals surface area contributed by atoms with E-state index in [0.717, 1.165) is 29.1 Å². The van der Waals surface area contributed by atoms with E-state index < -0.39 is 6.09 Å². The molecule has 0 spiro atoms. The van der Waals surface area contributed by atoms with E-state index in [1.54, 1.807) is 0 Å². The van der Waals surface area contributed by atoms with Crippen molar-refractivity contribution in [1.29, 1.82) is 0 Å². The normalized spacial score (nSPS) is 16.0. The molecule has 2 aromatic carbocycles. The van der Waals surface area contributed by atoms with Gasteiger partial charge < -0.3 is 20.1 Å². The Kier molecular flexibility index (Phi) is 4.60. The number of fused-ring (bicyclic) bond motifs is 1. The lowest BCUT2D eigenvalue weighted by atomic mass is 9.92. The Labute approximate surface area is 141 Å². The summed E-state index contributed by atoms with van der Waals surface area (Å²) in [5.74, 6) is 0.999. The molecule has 24 heavy (non-hydrogen) atoms. The van der Waals surface area contributed by atoms with E-state index in [2.05, 4.69) is 41.4 Å². The molecule has 1 aliphatic heterocycles. The van der Waals surface area contributed by atoms with Crippen molar-refractivity contribution in [3.05, 3.63) is 53.6 Å². The number of hydrogen-bond donors (Lipinski definition) is 2. The van der Waals surface area contributed by atoms with E-state index in [9.17, 15) is 4.79 Å². The smallest absolute Gasteiger partial charge is 0.404 e. The van der Waals surface area contributed by atoms with Crippen molar-refractivity contribution >= 4 is 17.5 Å². The van der Waals surface area contributed by atoms with Gasteiger partial charge in [-0.1, -0.05) is 18.2 Å². The predicted octanol–water partition coefficient (Wildman–Crippen LogP) is 3.90. The molecule has 0 saturated heterocycles.